The van der Waals surface area contributed by atoms with Crippen molar-refractivity contribution in [2.24, 2.45) is 21.5 Å². The number of nitrogens with one attached hydrogen (secondary N) is 1. The quantitative estimate of drug-likeness (QED) is 0.564. The van der Waals surface area contributed by atoms with E-state index in [9.17, 15) is 9.59 Å². The molecule has 0 aliphatic carbocycles. The summed E-state index contributed by atoms with van der Waals surface area (Å²) in [4.78, 5) is 31.2. The highest BCUT2D eigenvalue weighted by Crippen LogP contribution is 2.26. The van der Waals surface area contributed by atoms with Crippen molar-refractivity contribution >= 4 is 40.4 Å². The largest absolute Gasteiger partial charge is 0.370 e. The summed E-state index contributed by atoms with van der Waals surface area (Å²) in [6, 6.07) is 5.64. The topological polar surface area (TPSA) is 123 Å². The first-order chi connectivity index (χ1) is 10.3. The minimum absolute atomic E-state index is 0.0173. The molecule has 1 heterocycles. The van der Waals surface area contributed by atoms with Gasteiger partial charge in [-0.2, -0.15) is 9.98 Å². The van der Waals surface area contributed by atoms with Crippen molar-refractivity contribution in [1.29, 1.82) is 0 Å². The number of guanidine groups is 1. The minimum atomic E-state index is -0.593. The van der Waals surface area contributed by atoms with E-state index in [2.05, 4.69) is 15.3 Å². The third-order valence-corrected chi connectivity index (χ3v) is 4.16. The maximum Gasteiger partial charge on any atom is 0.262 e. The van der Waals surface area contributed by atoms with Crippen molar-refractivity contribution in [3.8, 4) is 0 Å². The van der Waals surface area contributed by atoms with Crippen LogP contribution in [0.3, 0.4) is 0 Å². The summed E-state index contributed by atoms with van der Waals surface area (Å²) in [7, 11) is 0. The third-order valence-electron chi connectivity index (χ3n) is 3.12. The van der Waals surface area contributed by atoms with Crippen LogP contribution in [-0.4, -0.2) is 28.2 Å². The Hall–Kier alpha value is -2.35. The molecule has 0 radical (unpaired) electrons. The van der Waals surface area contributed by atoms with Crippen LogP contribution in [-0.2, 0) is 9.59 Å². The highest BCUT2D eigenvalue weighted by Gasteiger charge is 2.30. The molecule has 0 spiro atoms. The molecule has 0 aromatic heterocycles. The number of nitrogens with two attached hydrogens (primary N) is 2. The molecule has 7 nitrogen and oxygen atoms in total. The third kappa shape index (κ3) is 4.08. The van der Waals surface area contributed by atoms with Crippen molar-refractivity contribution in [1.82, 2.24) is 0 Å². The van der Waals surface area contributed by atoms with Crippen molar-refractivity contribution in [2.75, 3.05) is 5.32 Å². The van der Waals surface area contributed by atoms with Crippen LogP contribution in [0.1, 0.15) is 17.5 Å². The molecule has 1 aliphatic rings. The molecular weight excluding hydrogens is 302 g/mol. The molecule has 2 amide bonds. The second-order valence-corrected chi connectivity index (χ2v) is 6.10. The Balaban J connectivity index is 1.94. The number of carbonyl (C=O) groups is 2. The van der Waals surface area contributed by atoms with Crippen LogP contribution in [0.4, 0.5) is 5.69 Å². The molecule has 0 fully saturated rings. The average Bonchev–Trinajstić information content (AvgIpc) is 2.73. The van der Waals surface area contributed by atoms with Gasteiger partial charge in [0.25, 0.3) is 5.91 Å². The number of carbonyl (C=O) groups excluding carboxylic acids is 2. The lowest BCUT2D eigenvalue weighted by Crippen LogP contribution is -2.23. The molecule has 0 bridgehead atoms. The van der Waals surface area contributed by atoms with E-state index < -0.39 is 11.2 Å². The predicted octanol–water partition coefficient (Wildman–Crippen LogP) is 0.903. The van der Waals surface area contributed by atoms with Gasteiger partial charge >= 0.3 is 0 Å². The molecule has 1 aliphatic heterocycles. The minimum Gasteiger partial charge on any atom is -0.370 e. The van der Waals surface area contributed by atoms with Crippen LogP contribution in [0.15, 0.2) is 28.2 Å². The van der Waals surface area contributed by atoms with Crippen LogP contribution in [0.25, 0.3) is 0 Å². The molecule has 1 aromatic carbocycles. The fourth-order valence-corrected chi connectivity index (χ4v) is 2.80. The van der Waals surface area contributed by atoms with E-state index in [4.69, 9.17) is 11.5 Å². The van der Waals surface area contributed by atoms with Gasteiger partial charge in [-0.15, -0.1) is 0 Å². The lowest BCUT2D eigenvalue weighted by atomic mass is 10.1. The Kier molecular flexibility index (Phi) is 4.81. The summed E-state index contributed by atoms with van der Waals surface area (Å²) in [5.74, 6) is -0.824. The number of nitrogens with zero attached hydrogens (tertiary/aromatic N) is 2. The lowest BCUT2D eigenvalue weighted by Gasteiger charge is -2.09. The number of amidine groups is 1. The van der Waals surface area contributed by atoms with Gasteiger partial charge in [-0.1, -0.05) is 17.8 Å². The van der Waals surface area contributed by atoms with Gasteiger partial charge in [0.05, 0.1) is 0 Å². The Bertz CT molecular complexity index is 680. The van der Waals surface area contributed by atoms with E-state index in [0.717, 1.165) is 22.9 Å². The summed E-state index contributed by atoms with van der Waals surface area (Å²) in [5.41, 5.74) is 13.4. The van der Waals surface area contributed by atoms with Gasteiger partial charge in [-0.25, -0.2) is 0 Å². The molecule has 0 saturated carbocycles. The number of benzene rings is 1. The number of hydrogen-bond acceptors (Lipinski definition) is 4. The highest BCUT2D eigenvalue weighted by molar-refractivity contribution is 8.15. The number of aryl methyl sites for hydroxylation is 2. The number of amides is 2. The van der Waals surface area contributed by atoms with E-state index in [-0.39, 0.29) is 23.5 Å². The van der Waals surface area contributed by atoms with Crippen molar-refractivity contribution in [3.05, 3.63) is 29.3 Å². The molecule has 8 heteroatoms. The second-order valence-electron chi connectivity index (χ2n) is 4.93. The van der Waals surface area contributed by atoms with Crippen molar-refractivity contribution in [3.63, 3.8) is 0 Å². The van der Waals surface area contributed by atoms with Crippen LogP contribution in [0.2, 0.25) is 0 Å². The Morgan fingerprint density at radius 2 is 2.09 bits per heavy atom. The van der Waals surface area contributed by atoms with Crippen LogP contribution in [0, 0.1) is 13.8 Å². The number of aliphatic imine (C=N–C) groups is 2. The van der Waals surface area contributed by atoms with Crippen LogP contribution >= 0.6 is 11.8 Å². The van der Waals surface area contributed by atoms with E-state index in [1.165, 1.54) is 0 Å². The fraction of sp³-hybridized carbons (Fsp3) is 0.286. The van der Waals surface area contributed by atoms with Gasteiger partial charge in [0.15, 0.2) is 11.1 Å². The van der Waals surface area contributed by atoms with E-state index in [1.807, 2.05) is 32.0 Å². The molecule has 22 heavy (non-hydrogen) atoms. The SMILES string of the molecule is Cc1ccc(NC(=O)C[C@@H]2SC(N=C(N)N)=NC2=O)cc1C. The van der Waals surface area contributed by atoms with Gasteiger partial charge in [-0.3, -0.25) is 9.59 Å². The maximum atomic E-state index is 12.0. The number of thioether (sulfide) groups is 1. The molecule has 0 saturated heterocycles. The average molecular weight is 319 g/mol. The van der Waals surface area contributed by atoms with Gasteiger partial charge in [0.1, 0.15) is 5.25 Å². The fourth-order valence-electron chi connectivity index (χ4n) is 1.86. The van der Waals surface area contributed by atoms with E-state index in [1.54, 1.807) is 0 Å². The first-order valence-electron chi connectivity index (χ1n) is 6.61. The maximum absolute atomic E-state index is 12.0. The van der Waals surface area contributed by atoms with Crippen molar-refractivity contribution < 1.29 is 9.59 Å². The monoisotopic (exact) mass is 319 g/mol. The summed E-state index contributed by atoms with van der Waals surface area (Å²) in [6.07, 6.45) is 0.0173. The molecule has 5 N–H and O–H groups in total. The Labute approximate surface area is 132 Å². The smallest absolute Gasteiger partial charge is 0.262 e. The highest BCUT2D eigenvalue weighted by atomic mass is 32.2. The van der Waals surface area contributed by atoms with Gasteiger partial charge in [0, 0.05) is 12.1 Å². The summed E-state index contributed by atoms with van der Waals surface area (Å²) in [6.45, 7) is 3.97. The summed E-state index contributed by atoms with van der Waals surface area (Å²) < 4.78 is 0. The Morgan fingerprint density at radius 3 is 2.73 bits per heavy atom. The molecule has 1 aromatic rings. The Morgan fingerprint density at radius 1 is 1.36 bits per heavy atom. The zero-order valence-electron chi connectivity index (χ0n) is 12.3. The predicted molar refractivity (Wildman–Crippen MR) is 88.8 cm³/mol. The molecule has 0 unspecified atom stereocenters. The first-order valence-corrected chi connectivity index (χ1v) is 7.49. The lowest BCUT2D eigenvalue weighted by molar-refractivity contribution is -0.121. The van der Waals surface area contributed by atoms with Crippen LogP contribution < -0.4 is 16.8 Å². The van der Waals surface area contributed by atoms with Crippen molar-refractivity contribution in [2.45, 2.75) is 25.5 Å². The first kappa shape index (κ1) is 16.0. The number of anilines is 1. The van der Waals surface area contributed by atoms with E-state index >= 15 is 0 Å². The molecule has 2 rings (SSSR count). The summed E-state index contributed by atoms with van der Waals surface area (Å²) >= 11 is 1.08. The number of rotatable bonds is 3. The van der Waals surface area contributed by atoms with E-state index in [0.29, 0.717) is 5.69 Å². The van der Waals surface area contributed by atoms with Crippen LogP contribution in [0.5, 0.6) is 0 Å². The second kappa shape index (κ2) is 6.61. The molecular formula is C14H17N5O2S. The molecule has 116 valence electrons. The van der Waals surface area contributed by atoms with Gasteiger partial charge in [-0.05, 0) is 37.1 Å². The zero-order valence-corrected chi connectivity index (χ0v) is 13.1. The normalized spacial score (nSPS) is 17.1. The summed E-state index contributed by atoms with van der Waals surface area (Å²) in [5, 5.41) is 2.37. The standard InChI is InChI=1S/C14H17N5O2S/c1-7-3-4-9(5-8(7)2)17-11(20)6-10-12(21)18-14(22-10)19-13(15)16/h3-5,10H,6H2,1-2H3,(H,17,20)(H4,15,16,18,19,21)/t10-/m0/s1. The number of hydrogen-bond donors (Lipinski definition) is 3. The van der Waals surface area contributed by atoms with Gasteiger partial charge in [0.2, 0.25) is 5.91 Å². The molecule has 1 atom stereocenters. The van der Waals surface area contributed by atoms with Gasteiger partial charge < -0.3 is 16.8 Å². The zero-order chi connectivity index (χ0) is 16.3.